The van der Waals surface area contributed by atoms with Gasteiger partial charge in [0, 0.05) is 37.8 Å². The lowest BCUT2D eigenvalue weighted by atomic mass is 10.0. The fourth-order valence-electron chi connectivity index (χ4n) is 3.97. The number of carbonyl (C=O) groups excluding carboxylic acids is 2. The van der Waals surface area contributed by atoms with Crippen LogP contribution in [0.4, 0.5) is 0 Å². The number of amides is 2. The van der Waals surface area contributed by atoms with E-state index in [2.05, 4.69) is 24.2 Å². The second-order valence-corrected chi connectivity index (χ2v) is 8.50. The van der Waals surface area contributed by atoms with Gasteiger partial charge < -0.3 is 14.5 Å². The lowest BCUT2D eigenvalue weighted by molar-refractivity contribution is 0.0531. The summed E-state index contributed by atoms with van der Waals surface area (Å²) in [6.45, 7) is 7.97. The van der Waals surface area contributed by atoms with Crippen molar-refractivity contribution >= 4 is 11.8 Å². The van der Waals surface area contributed by atoms with Crippen molar-refractivity contribution in [2.24, 2.45) is 0 Å². The predicted molar refractivity (Wildman–Crippen MR) is 125 cm³/mol. The smallest absolute Gasteiger partial charge is 0.276 e. The molecule has 1 aliphatic rings. The number of piperazine rings is 1. The highest BCUT2D eigenvalue weighted by atomic mass is 16.5. The summed E-state index contributed by atoms with van der Waals surface area (Å²) in [6.07, 6.45) is 0. The van der Waals surface area contributed by atoms with E-state index in [0.29, 0.717) is 54.8 Å². The van der Waals surface area contributed by atoms with E-state index in [-0.39, 0.29) is 11.8 Å². The molecule has 8 nitrogen and oxygen atoms in total. The molecule has 33 heavy (non-hydrogen) atoms. The van der Waals surface area contributed by atoms with Crippen LogP contribution >= 0.6 is 0 Å². The first-order chi connectivity index (χ1) is 15.9. The fourth-order valence-corrected chi connectivity index (χ4v) is 3.97. The number of rotatable bonds is 5. The van der Waals surface area contributed by atoms with E-state index < -0.39 is 0 Å². The number of ether oxygens (including phenoxy) is 1. The Hall–Kier alpha value is -3.68. The van der Waals surface area contributed by atoms with Crippen molar-refractivity contribution in [3.8, 4) is 11.4 Å². The molecule has 3 aromatic rings. The van der Waals surface area contributed by atoms with Crippen molar-refractivity contribution in [1.29, 1.82) is 0 Å². The van der Waals surface area contributed by atoms with Crippen molar-refractivity contribution in [2.75, 3.05) is 33.3 Å². The molecule has 2 aromatic carbocycles. The Kier molecular flexibility index (Phi) is 6.44. The van der Waals surface area contributed by atoms with Gasteiger partial charge in [-0.2, -0.15) is 0 Å². The zero-order valence-electron chi connectivity index (χ0n) is 19.5. The molecular weight excluding hydrogens is 418 g/mol. The van der Waals surface area contributed by atoms with Gasteiger partial charge in [-0.3, -0.25) is 9.59 Å². The summed E-state index contributed by atoms with van der Waals surface area (Å²) in [6, 6.07) is 15.2. The summed E-state index contributed by atoms with van der Waals surface area (Å²) in [4.78, 5) is 29.5. The molecular formula is C25H29N5O3. The van der Waals surface area contributed by atoms with E-state index in [1.807, 2.05) is 55.5 Å². The largest absolute Gasteiger partial charge is 0.497 e. The molecule has 0 aliphatic carbocycles. The van der Waals surface area contributed by atoms with Gasteiger partial charge in [-0.1, -0.05) is 37.3 Å². The molecule has 1 saturated heterocycles. The van der Waals surface area contributed by atoms with Crippen molar-refractivity contribution in [2.45, 2.75) is 26.7 Å². The quantitative estimate of drug-likeness (QED) is 0.600. The highest BCUT2D eigenvalue weighted by Gasteiger charge is 2.28. The molecule has 1 fully saturated rings. The van der Waals surface area contributed by atoms with Gasteiger partial charge in [-0.25, -0.2) is 4.68 Å². The van der Waals surface area contributed by atoms with E-state index in [0.717, 1.165) is 5.69 Å². The molecule has 2 amide bonds. The molecule has 8 heteroatoms. The van der Waals surface area contributed by atoms with Gasteiger partial charge in [0.05, 0.1) is 18.5 Å². The monoisotopic (exact) mass is 447 g/mol. The number of carbonyl (C=O) groups is 2. The molecule has 1 aliphatic heterocycles. The standard InChI is InChI=1S/C25H29N5O3/c1-17(2)19-8-10-20(11-9-19)24(31)28-12-14-29(15-13-28)25(32)23-18(3)30(27-26-23)21-6-5-7-22(16-21)33-4/h5-11,16-17H,12-15H2,1-4H3. The van der Waals surface area contributed by atoms with Crippen LogP contribution in [0.1, 0.15) is 51.9 Å². The SMILES string of the molecule is COc1cccc(-n2nnc(C(=O)N3CCN(C(=O)c4ccc(C(C)C)cc4)CC3)c2C)c1. The highest BCUT2D eigenvalue weighted by Crippen LogP contribution is 2.20. The molecule has 1 aromatic heterocycles. The van der Waals surface area contributed by atoms with E-state index >= 15 is 0 Å². The average Bonchev–Trinajstić information content (AvgIpc) is 3.24. The Balaban J connectivity index is 1.41. The number of hydrogen-bond acceptors (Lipinski definition) is 5. The van der Waals surface area contributed by atoms with Crippen molar-refractivity contribution in [3.63, 3.8) is 0 Å². The van der Waals surface area contributed by atoms with Gasteiger partial charge in [-0.15, -0.1) is 5.10 Å². The van der Waals surface area contributed by atoms with E-state index in [9.17, 15) is 9.59 Å². The Labute approximate surface area is 193 Å². The first kappa shape index (κ1) is 22.5. The molecule has 0 radical (unpaired) electrons. The van der Waals surface area contributed by atoms with Gasteiger partial charge in [0.25, 0.3) is 11.8 Å². The third kappa shape index (κ3) is 4.60. The van der Waals surface area contributed by atoms with E-state index in [1.54, 1.807) is 21.6 Å². The van der Waals surface area contributed by atoms with Gasteiger partial charge in [0.15, 0.2) is 5.69 Å². The van der Waals surface area contributed by atoms with Gasteiger partial charge in [0.2, 0.25) is 0 Å². The van der Waals surface area contributed by atoms with Crippen molar-refractivity contribution < 1.29 is 14.3 Å². The number of hydrogen-bond donors (Lipinski definition) is 0. The van der Waals surface area contributed by atoms with Crippen molar-refractivity contribution in [3.05, 3.63) is 71.0 Å². The third-order valence-electron chi connectivity index (χ3n) is 6.07. The molecule has 0 saturated carbocycles. The second-order valence-electron chi connectivity index (χ2n) is 8.50. The molecule has 172 valence electrons. The zero-order chi connectivity index (χ0) is 23.5. The lowest BCUT2D eigenvalue weighted by Gasteiger charge is -2.34. The predicted octanol–water partition coefficient (Wildman–Crippen LogP) is 3.31. The van der Waals surface area contributed by atoms with Gasteiger partial charge in [-0.05, 0) is 42.7 Å². The summed E-state index contributed by atoms with van der Waals surface area (Å²) in [5, 5.41) is 8.33. The number of aromatic nitrogens is 3. The number of nitrogens with zero attached hydrogens (tertiary/aromatic N) is 5. The van der Waals surface area contributed by atoms with Crippen LogP contribution in [0.2, 0.25) is 0 Å². The Morgan fingerprint density at radius 2 is 1.58 bits per heavy atom. The Morgan fingerprint density at radius 3 is 2.18 bits per heavy atom. The lowest BCUT2D eigenvalue weighted by Crippen LogP contribution is -2.50. The number of methoxy groups -OCH3 is 1. The Morgan fingerprint density at radius 1 is 0.939 bits per heavy atom. The molecule has 2 heterocycles. The third-order valence-corrected chi connectivity index (χ3v) is 6.07. The van der Waals surface area contributed by atoms with Gasteiger partial charge >= 0.3 is 0 Å². The van der Waals surface area contributed by atoms with Crippen molar-refractivity contribution in [1.82, 2.24) is 24.8 Å². The molecule has 0 spiro atoms. The van der Waals surface area contributed by atoms with Crippen LogP contribution in [-0.2, 0) is 0 Å². The maximum atomic E-state index is 13.1. The number of benzene rings is 2. The van der Waals surface area contributed by atoms with Gasteiger partial charge in [0.1, 0.15) is 5.75 Å². The second kappa shape index (κ2) is 9.44. The fraction of sp³-hybridized carbons (Fsp3) is 0.360. The van der Waals surface area contributed by atoms with Crippen LogP contribution in [0.25, 0.3) is 5.69 Å². The minimum Gasteiger partial charge on any atom is -0.497 e. The van der Waals surface area contributed by atoms with Crippen LogP contribution in [0.15, 0.2) is 48.5 Å². The minimum atomic E-state index is -0.171. The summed E-state index contributed by atoms with van der Waals surface area (Å²) in [5.41, 5.74) is 3.65. The molecule has 0 N–H and O–H groups in total. The summed E-state index contributed by atoms with van der Waals surface area (Å²) in [7, 11) is 1.60. The van der Waals surface area contributed by atoms with E-state index in [1.165, 1.54) is 5.56 Å². The highest BCUT2D eigenvalue weighted by molar-refractivity contribution is 5.95. The maximum absolute atomic E-state index is 13.1. The van der Waals surface area contributed by atoms with Crippen LogP contribution in [0.3, 0.4) is 0 Å². The van der Waals surface area contributed by atoms with Crippen LogP contribution in [0, 0.1) is 6.92 Å². The van der Waals surface area contributed by atoms with Crippen LogP contribution < -0.4 is 4.74 Å². The minimum absolute atomic E-state index is 0.00226. The summed E-state index contributed by atoms with van der Waals surface area (Å²) >= 11 is 0. The van der Waals surface area contributed by atoms with E-state index in [4.69, 9.17) is 4.74 Å². The summed E-state index contributed by atoms with van der Waals surface area (Å²) < 4.78 is 6.91. The molecule has 0 bridgehead atoms. The molecule has 0 unspecified atom stereocenters. The molecule has 4 rings (SSSR count). The first-order valence-electron chi connectivity index (χ1n) is 11.1. The zero-order valence-corrected chi connectivity index (χ0v) is 19.5. The first-order valence-corrected chi connectivity index (χ1v) is 11.1. The molecule has 0 atom stereocenters. The average molecular weight is 448 g/mol. The Bertz CT molecular complexity index is 1150. The van der Waals surface area contributed by atoms with Crippen LogP contribution in [0.5, 0.6) is 5.75 Å². The topological polar surface area (TPSA) is 80.6 Å². The maximum Gasteiger partial charge on any atom is 0.276 e. The van der Waals surface area contributed by atoms with Crippen LogP contribution in [-0.4, -0.2) is 69.9 Å². The summed E-state index contributed by atoms with van der Waals surface area (Å²) in [5.74, 6) is 0.955. The normalized spacial score (nSPS) is 14.0.